The van der Waals surface area contributed by atoms with Gasteiger partial charge in [0.15, 0.2) is 0 Å². The van der Waals surface area contributed by atoms with E-state index in [0.29, 0.717) is 11.8 Å². The maximum atomic E-state index is 5.36. The predicted octanol–water partition coefficient (Wildman–Crippen LogP) is 10.9. The standard InChI is InChI=1S/C38H51N/c1-6-10-13-14-15-19-22-36(32-38(24-12-8-3)37(9-4)23-11-7-2)31-33(5)30-35-27-25-34(26-28-35)21-18-16-17-20-29-39/h7-9,11-12,14-25,27-29,31,33-34H,4,6,10,13,26,30,32,39H2,1-3,5H3/b11-7-,12-8-,15-14-,17-16-,21-18-,22-19-,29-20+,36-31-,37-23+,38-24+/t33-,34?/m1/s1. The van der Waals surface area contributed by atoms with Crippen molar-refractivity contribution in [3.8, 4) is 0 Å². The molecule has 0 heterocycles. The van der Waals surface area contributed by atoms with Gasteiger partial charge in [0.05, 0.1) is 0 Å². The molecule has 0 aromatic rings. The van der Waals surface area contributed by atoms with Crippen LogP contribution >= 0.6 is 0 Å². The molecule has 0 spiro atoms. The first-order valence-electron chi connectivity index (χ1n) is 14.5. The first-order valence-corrected chi connectivity index (χ1v) is 14.5. The highest BCUT2D eigenvalue weighted by Crippen LogP contribution is 2.27. The summed E-state index contributed by atoms with van der Waals surface area (Å²) in [5, 5.41) is 0. The summed E-state index contributed by atoms with van der Waals surface area (Å²) in [6.45, 7) is 12.7. The van der Waals surface area contributed by atoms with E-state index >= 15 is 0 Å². The molecule has 208 valence electrons. The van der Waals surface area contributed by atoms with Crippen molar-refractivity contribution in [2.75, 3.05) is 0 Å². The van der Waals surface area contributed by atoms with Crippen molar-refractivity contribution in [3.63, 3.8) is 0 Å². The molecule has 0 aliphatic heterocycles. The summed E-state index contributed by atoms with van der Waals surface area (Å²) in [5.41, 5.74) is 10.5. The van der Waals surface area contributed by atoms with Crippen molar-refractivity contribution in [3.05, 3.63) is 157 Å². The predicted molar refractivity (Wildman–Crippen MR) is 177 cm³/mol. The average Bonchev–Trinajstić information content (AvgIpc) is 2.94. The molecule has 39 heavy (non-hydrogen) atoms. The Balaban J connectivity index is 3.08. The first-order chi connectivity index (χ1) is 19.1. The van der Waals surface area contributed by atoms with Crippen LogP contribution in [-0.4, -0.2) is 0 Å². The summed E-state index contributed by atoms with van der Waals surface area (Å²) >= 11 is 0. The fourth-order valence-electron chi connectivity index (χ4n) is 4.22. The van der Waals surface area contributed by atoms with Gasteiger partial charge in [-0.2, -0.15) is 0 Å². The van der Waals surface area contributed by atoms with Crippen LogP contribution in [0.1, 0.15) is 66.2 Å². The molecule has 0 saturated heterocycles. The van der Waals surface area contributed by atoms with E-state index in [4.69, 9.17) is 5.73 Å². The van der Waals surface area contributed by atoms with Gasteiger partial charge in [-0.15, -0.1) is 0 Å². The molecule has 0 bridgehead atoms. The van der Waals surface area contributed by atoms with E-state index in [1.165, 1.54) is 29.6 Å². The molecule has 0 saturated carbocycles. The summed E-state index contributed by atoms with van der Waals surface area (Å²) in [5.74, 6) is 0.877. The lowest BCUT2D eigenvalue weighted by atomic mass is 9.89. The van der Waals surface area contributed by atoms with E-state index in [1.54, 1.807) is 6.20 Å². The van der Waals surface area contributed by atoms with Gasteiger partial charge in [-0.25, -0.2) is 0 Å². The van der Waals surface area contributed by atoms with E-state index in [2.05, 4.69) is 125 Å². The minimum absolute atomic E-state index is 0.428. The molecule has 1 nitrogen and oxygen atoms in total. The summed E-state index contributed by atoms with van der Waals surface area (Å²) in [7, 11) is 0. The Kier molecular flexibility index (Phi) is 19.2. The largest absolute Gasteiger partial charge is 0.405 e. The van der Waals surface area contributed by atoms with Crippen LogP contribution in [0.5, 0.6) is 0 Å². The second kappa shape index (κ2) is 22.4. The SMILES string of the molecule is C=CC(=C\C=C/C)/C(=C/C=C\C)CC(/C=C\C=C/CCCC)=C\[C@H](C)CC1=CCC(\C=C/C=C\C=C\N)C=C1. The molecule has 0 fully saturated rings. The smallest absolute Gasteiger partial charge is 0.00124 e. The molecule has 1 rings (SSSR count). The third kappa shape index (κ3) is 16.1. The van der Waals surface area contributed by atoms with E-state index < -0.39 is 0 Å². The zero-order valence-electron chi connectivity index (χ0n) is 24.8. The molecule has 1 aliphatic rings. The summed E-state index contributed by atoms with van der Waals surface area (Å²) in [6, 6.07) is 0. The van der Waals surface area contributed by atoms with Gasteiger partial charge >= 0.3 is 0 Å². The van der Waals surface area contributed by atoms with Crippen molar-refractivity contribution in [2.24, 2.45) is 17.6 Å². The van der Waals surface area contributed by atoms with E-state index in [-0.39, 0.29) is 0 Å². The molecule has 1 unspecified atom stereocenters. The average molecular weight is 522 g/mol. The Morgan fingerprint density at radius 2 is 1.79 bits per heavy atom. The zero-order chi connectivity index (χ0) is 28.6. The summed E-state index contributed by atoms with van der Waals surface area (Å²) in [6.07, 6.45) is 51.2. The molecule has 2 atom stereocenters. The van der Waals surface area contributed by atoms with Crippen LogP contribution in [0.3, 0.4) is 0 Å². The molecular formula is C38H51N. The van der Waals surface area contributed by atoms with Crippen LogP contribution in [0.15, 0.2) is 157 Å². The Morgan fingerprint density at radius 3 is 2.46 bits per heavy atom. The highest BCUT2D eigenvalue weighted by atomic mass is 14.5. The lowest BCUT2D eigenvalue weighted by Crippen LogP contribution is -2.00. The van der Waals surface area contributed by atoms with Crippen LogP contribution < -0.4 is 5.73 Å². The third-order valence-corrected chi connectivity index (χ3v) is 6.29. The zero-order valence-corrected chi connectivity index (χ0v) is 24.8. The highest BCUT2D eigenvalue weighted by Gasteiger charge is 2.10. The molecule has 1 heteroatoms. The van der Waals surface area contributed by atoms with Gasteiger partial charge in [-0.1, -0.05) is 154 Å². The van der Waals surface area contributed by atoms with E-state index in [1.807, 2.05) is 31.2 Å². The van der Waals surface area contributed by atoms with Gasteiger partial charge in [0, 0.05) is 0 Å². The molecule has 2 N–H and O–H groups in total. The van der Waals surface area contributed by atoms with Gasteiger partial charge in [0.25, 0.3) is 0 Å². The van der Waals surface area contributed by atoms with Crippen LogP contribution in [0.25, 0.3) is 0 Å². The monoisotopic (exact) mass is 521 g/mol. The number of nitrogens with two attached hydrogens (primary N) is 1. The van der Waals surface area contributed by atoms with Gasteiger partial charge in [-0.3, -0.25) is 0 Å². The van der Waals surface area contributed by atoms with Gasteiger partial charge < -0.3 is 5.73 Å². The van der Waals surface area contributed by atoms with Crippen LogP contribution in [-0.2, 0) is 0 Å². The Bertz CT molecular complexity index is 1070. The maximum absolute atomic E-state index is 5.36. The topological polar surface area (TPSA) is 26.0 Å². The number of hydrogen-bond acceptors (Lipinski definition) is 1. The lowest BCUT2D eigenvalue weighted by Gasteiger charge is -2.16. The highest BCUT2D eigenvalue weighted by molar-refractivity contribution is 5.46. The number of rotatable bonds is 17. The molecule has 0 amide bonds. The van der Waals surface area contributed by atoms with Crippen molar-refractivity contribution in [2.45, 2.75) is 66.2 Å². The lowest BCUT2D eigenvalue weighted by molar-refractivity contribution is 0.703. The Hall–Kier alpha value is -3.58. The minimum Gasteiger partial charge on any atom is -0.405 e. The van der Waals surface area contributed by atoms with Crippen molar-refractivity contribution in [1.82, 2.24) is 0 Å². The number of allylic oxidation sites excluding steroid dienone is 24. The molecule has 0 radical (unpaired) electrons. The number of hydrogen-bond donors (Lipinski definition) is 1. The summed E-state index contributed by atoms with van der Waals surface area (Å²) < 4.78 is 0. The van der Waals surface area contributed by atoms with Crippen molar-refractivity contribution < 1.29 is 0 Å². The molecule has 0 aromatic carbocycles. The molecular weight excluding hydrogens is 470 g/mol. The van der Waals surface area contributed by atoms with Gasteiger partial charge in [0.1, 0.15) is 0 Å². The second-order valence-electron chi connectivity index (χ2n) is 9.79. The number of unbranched alkanes of at least 4 members (excludes halogenated alkanes) is 2. The first kappa shape index (κ1) is 33.4. The second-order valence-corrected chi connectivity index (χ2v) is 9.79. The van der Waals surface area contributed by atoms with E-state index in [9.17, 15) is 0 Å². The Labute approximate surface area is 240 Å². The van der Waals surface area contributed by atoms with Crippen LogP contribution in [0.2, 0.25) is 0 Å². The fourth-order valence-corrected chi connectivity index (χ4v) is 4.22. The van der Waals surface area contributed by atoms with Crippen molar-refractivity contribution >= 4 is 0 Å². The fraction of sp³-hybridized carbons (Fsp3) is 0.316. The third-order valence-electron chi connectivity index (χ3n) is 6.29. The van der Waals surface area contributed by atoms with E-state index in [0.717, 1.165) is 31.3 Å². The molecule has 1 aliphatic carbocycles. The summed E-state index contributed by atoms with van der Waals surface area (Å²) in [4.78, 5) is 0. The van der Waals surface area contributed by atoms with Crippen molar-refractivity contribution in [1.29, 1.82) is 0 Å². The minimum atomic E-state index is 0.428. The normalized spacial score (nSPS) is 18.8. The molecule has 0 aromatic heterocycles. The quantitative estimate of drug-likeness (QED) is 0.149. The van der Waals surface area contributed by atoms with Crippen LogP contribution in [0.4, 0.5) is 0 Å². The maximum Gasteiger partial charge on any atom is -0.00124 e. The van der Waals surface area contributed by atoms with Gasteiger partial charge in [0.2, 0.25) is 0 Å². The van der Waals surface area contributed by atoms with Gasteiger partial charge in [-0.05, 0) is 80.4 Å². The Morgan fingerprint density at radius 1 is 1.03 bits per heavy atom. The van der Waals surface area contributed by atoms with Crippen LogP contribution in [0, 0.1) is 11.8 Å².